The molecule has 0 heterocycles. The molecule has 0 bridgehead atoms. The van der Waals surface area contributed by atoms with Gasteiger partial charge in [-0.3, -0.25) is 4.79 Å². The van der Waals surface area contributed by atoms with Crippen LogP contribution in [0.25, 0.3) is 0 Å². The lowest BCUT2D eigenvalue weighted by molar-refractivity contribution is -0.116. The monoisotopic (exact) mass is 526 g/mol. The number of nitrogens with zero attached hydrogens (tertiary/aromatic N) is 1. The van der Waals surface area contributed by atoms with Gasteiger partial charge in [-0.15, -0.1) is 0 Å². The van der Waals surface area contributed by atoms with Crippen molar-refractivity contribution >= 4 is 44.8 Å². The van der Waals surface area contributed by atoms with Gasteiger partial charge in [-0.1, -0.05) is 29.3 Å². The second kappa shape index (κ2) is 11.1. The third-order valence-corrected chi connectivity index (χ3v) is 7.26. The van der Waals surface area contributed by atoms with Crippen LogP contribution in [0.1, 0.15) is 5.56 Å². The molecule has 34 heavy (non-hydrogen) atoms. The van der Waals surface area contributed by atoms with Gasteiger partial charge in [0.15, 0.2) is 0 Å². The van der Waals surface area contributed by atoms with Gasteiger partial charge in [0, 0.05) is 28.2 Å². The van der Waals surface area contributed by atoms with Gasteiger partial charge in [-0.05, 0) is 48.5 Å². The average Bonchev–Trinajstić information content (AvgIpc) is 2.81. The molecule has 1 N–H and O–H groups in total. The summed E-state index contributed by atoms with van der Waals surface area (Å²) in [6, 6.07) is 14.2. The Balaban J connectivity index is 1.94. The lowest BCUT2D eigenvalue weighted by Crippen LogP contribution is -2.38. The Kier molecular flexibility index (Phi) is 8.37. The minimum absolute atomic E-state index is 0.0357. The molecule has 0 aliphatic carbocycles. The summed E-state index contributed by atoms with van der Waals surface area (Å²) in [5.41, 5.74) is 0.248. The SMILES string of the molecule is COc1ccc(NC(=O)CN(Cc2c(F)cccc2Cl)S(=O)(=O)c2ccc(Cl)cc2)c(OC)c1. The molecule has 0 fully saturated rings. The van der Waals surface area contributed by atoms with E-state index in [1.165, 1.54) is 50.6 Å². The second-order valence-electron chi connectivity index (χ2n) is 7.04. The first-order valence-electron chi connectivity index (χ1n) is 9.86. The molecule has 3 aromatic carbocycles. The molecule has 3 rings (SSSR count). The van der Waals surface area contributed by atoms with Crippen LogP contribution in [0.4, 0.5) is 10.1 Å². The summed E-state index contributed by atoms with van der Waals surface area (Å²) in [7, 11) is -1.32. The third kappa shape index (κ3) is 5.98. The number of carbonyl (C=O) groups is 1. The van der Waals surface area contributed by atoms with Crippen LogP contribution in [-0.4, -0.2) is 39.4 Å². The Labute approximate surface area is 207 Å². The predicted molar refractivity (Wildman–Crippen MR) is 129 cm³/mol. The molecule has 0 saturated heterocycles. The van der Waals surface area contributed by atoms with Crippen LogP contribution in [0.2, 0.25) is 10.0 Å². The highest BCUT2D eigenvalue weighted by atomic mass is 35.5. The van der Waals surface area contributed by atoms with Crippen molar-refractivity contribution in [2.75, 3.05) is 26.1 Å². The molecule has 1 amide bonds. The fraction of sp³-hybridized carbons (Fsp3) is 0.174. The van der Waals surface area contributed by atoms with E-state index in [2.05, 4.69) is 5.32 Å². The molecular weight excluding hydrogens is 506 g/mol. The Morgan fingerprint density at radius 3 is 2.35 bits per heavy atom. The molecule has 0 unspecified atom stereocenters. The van der Waals surface area contributed by atoms with Gasteiger partial charge < -0.3 is 14.8 Å². The summed E-state index contributed by atoms with van der Waals surface area (Å²) in [6.07, 6.45) is 0. The highest BCUT2D eigenvalue weighted by molar-refractivity contribution is 7.89. The summed E-state index contributed by atoms with van der Waals surface area (Å²) in [4.78, 5) is 12.8. The van der Waals surface area contributed by atoms with Gasteiger partial charge in [0.2, 0.25) is 15.9 Å². The van der Waals surface area contributed by atoms with Gasteiger partial charge in [0.05, 0.1) is 31.3 Å². The molecule has 0 atom stereocenters. The third-order valence-electron chi connectivity index (χ3n) is 4.85. The van der Waals surface area contributed by atoms with Crippen molar-refractivity contribution in [3.63, 3.8) is 0 Å². The minimum Gasteiger partial charge on any atom is -0.497 e. The van der Waals surface area contributed by atoms with E-state index >= 15 is 0 Å². The number of benzene rings is 3. The first kappa shape index (κ1) is 25.8. The maximum atomic E-state index is 14.5. The number of halogens is 3. The Morgan fingerprint density at radius 1 is 1.03 bits per heavy atom. The normalized spacial score (nSPS) is 11.4. The summed E-state index contributed by atoms with van der Waals surface area (Å²) < 4.78 is 52.4. The molecule has 3 aromatic rings. The number of hydrogen-bond acceptors (Lipinski definition) is 5. The van der Waals surface area contributed by atoms with Crippen LogP contribution in [0.3, 0.4) is 0 Å². The van der Waals surface area contributed by atoms with Gasteiger partial charge >= 0.3 is 0 Å². The number of anilines is 1. The van der Waals surface area contributed by atoms with E-state index in [1.807, 2.05) is 0 Å². The van der Waals surface area contributed by atoms with Crippen molar-refractivity contribution in [3.05, 3.63) is 82.1 Å². The first-order valence-corrected chi connectivity index (χ1v) is 12.1. The number of ether oxygens (including phenoxy) is 2. The van der Waals surface area contributed by atoms with Crippen molar-refractivity contribution in [2.45, 2.75) is 11.4 Å². The molecule has 180 valence electrons. The first-order chi connectivity index (χ1) is 16.1. The molecule has 0 aliphatic heterocycles. The Hall–Kier alpha value is -2.85. The van der Waals surface area contributed by atoms with Crippen LogP contribution in [0.15, 0.2) is 65.6 Å². The number of hydrogen-bond donors (Lipinski definition) is 1. The second-order valence-corrected chi connectivity index (χ2v) is 9.82. The molecule has 0 aromatic heterocycles. The zero-order valence-corrected chi connectivity index (χ0v) is 20.5. The zero-order valence-electron chi connectivity index (χ0n) is 18.2. The summed E-state index contributed by atoms with van der Waals surface area (Å²) >= 11 is 12.0. The van der Waals surface area contributed by atoms with Crippen LogP contribution < -0.4 is 14.8 Å². The zero-order chi connectivity index (χ0) is 24.9. The molecule has 11 heteroatoms. The minimum atomic E-state index is -4.23. The largest absolute Gasteiger partial charge is 0.497 e. The van der Waals surface area contributed by atoms with E-state index in [4.69, 9.17) is 32.7 Å². The topological polar surface area (TPSA) is 84.9 Å². The molecule has 0 saturated carbocycles. The number of methoxy groups -OCH3 is 2. The van der Waals surface area contributed by atoms with Crippen LogP contribution >= 0.6 is 23.2 Å². The Bertz CT molecular complexity index is 1270. The van der Waals surface area contributed by atoms with Crippen molar-refractivity contribution in [2.24, 2.45) is 0 Å². The molecule has 0 aliphatic rings. The summed E-state index contributed by atoms with van der Waals surface area (Å²) in [5.74, 6) is -0.539. The molecule has 0 spiro atoms. The smallest absolute Gasteiger partial charge is 0.243 e. The quantitative estimate of drug-likeness (QED) is 0.425. The van der Waals surface area contributed by atoms with E-state index < -0.39 is 34.8 Å². The highest BCUT2D eigenvalue weighted by Crippen LogP contribution is 2.30. The number of sulfonamides is 1. The van der Waals surface area contributed by atoms with Gasteiger partial charge in [0.25, 0.3) is 0 Å². The average molecular weight is 527 g/mol. The summed E-state index contributed by atoms with van der Waals surface area (Å²) in [5, 5.41) is 2.99. The predicted octanol–water partition coefficient (Wildman–Crippen LogP) is 4.98. The maximum absolute atomic E-state index is 14.5. The van der Waals surface area contributed by atoms with Gasteiger partial charge in [-0.2, -0.15) is 4.31 Å². The molecule has 7 nitrogen and oxygen atoms in total. The van der Waals surface area contributed by atoms with Crippen molar-refractivity contribution in [1.29, 1.82) is 0 Å². The number of carbonyl (C=O) groups excluding carboxylic acids is 1. The van der Waals surface area contributed by atoms with E-state index in [9.17, 15) is 17.6 Å². The van der Waals surface area contributed by atoms with Gasteiger partial charge in [0.1, 0.15) is 17.3 Å². The highest BCUT2D eigenvalue weighted by Gasteiger charge is 2.29. The van der Waals surface area contributed by atoms with E-state index in [1.54, 1.807) is 18.2 Å². The van der Waals surface area contributed by atoms with Crippen LogP contribution in [-0.2, 0) is 21.4 Å². The maximum Gasteiger partial charge on any atom is 0.243 e. The van der Waals surface area contributed by atoms with E-state index in [0.29, 0.717) is 22.2 Å². The van der Waals surface area contributed by atoms with Crippen molar-refractivity contribution in [3.8, 4) is 11.5 Å². The van der Waals surface area contributed by atoms with Crippen molar-refractivity contribution < 1.29 is 27.1 Å². The number of rotatable bonds is 9. The van der Waals surface area contributed by atoms with E-state index in [-0.39, 0.29) is 15.5 Å². The van der Waals surface area contributed by atoms with Crippen molar-refractivity contribution in [1.82, 2.24) is 4.31 Å². The lowest BCUT2D eigenvalue weighted by Gasteiger charge is -2.23. The van der Waals surface area contributed by atoms with Crippen LogP contribution in [0, 0.1) is 5.82 Å². The lowest BCUT2D eigenvalue weighted by atomic mass is 10.2. The fourth-order valence-electron chi connectivity index (χ4n) is 3.09. The summed E-state index contributed by atoms with van der Waals surface area (Å²) in [6.45, 7) is -1.09. The molecular formula is C23H21Cl2FN2O5S. The van der Waals surface area contributed by atoms with E-state index in [0.717, 1.165) is 10.4 Å². The number of nitrogens with one attached hydrogen (secondary N) is 1. The molecule has 0 radical (unpaired) electrons. The fourth-order valence-corrected chi connectivity index (χ4v) is 4.81. The Morgan fingerprint density at radius 2 is 1.74 bits per heavy atom. The van der Waals surface area contributed by atoms with Crippen LogP contribution in [0.5, 0.6) is 11.5 Å². The van der Waals surface area contributed by atoms with Gasteiger partial charge in [-0.25, -0.2) is 12.8 Å². The number of amides is 1. The standard InChI is InChI=1S/C23H21Cl2FN2O5S/c1-32-16-8-11-21(22(12-16)33-2)27-23(29)14-28(13-18-19(25)4-3-5-20(18)26)34(30,31)17-9-6-15(24)7-10-17/h3-12H,13-14H2,1-2H3,(H,27,29).